The van der Waals surface area contributed by atoms with Crippen LogP contribution in [0.3, 0.4) is 0 Å². The average molecular weight is 404 g/mol. The van der Waals surface area contributed by atoms with Crippen molar-refractivity contribution in [3.63, 3.8) is 0 Å². The Bertz CT molecular complexity index is 987. The topological polar surface area (TPSA) is 78.8 Å². The largest absolute Gasteiger partial charge is 0.503 e. The molecule has 0 saturated heterocycles. The zero-order valence-corrected chi connectivity index (χ0v) is 15.5. The lowest BCUT2D eigenvalue weighted by molar-refractivity contribution is 0.137. The van der Waals surface area contributed by atoms with Crippen LogP contribution in [0.2, 0.25) is 10.0 Å². The number of para-hydroxylation sites is 2. The molecule has 0 bridgehead atoms. The van der Waals surface area contributed by atoms with E-state index in [1.165, 1.54) is 0 Å². The minimum Gasteiger partial charge on any atom is -0.453 e. The normalized spacial score (nSPS) is 11.0. The Labute approximate surface area is 165 Å². The number of hydrogen-bond acceptors (Lipinski definition) is 3. The van der Waals surface area contributed by atoms with Crippen molar-refractivity contribution in [1.29, 1.82) is 0 Å². The van der Waals surface area contributed by atoms with E-state index < -0.39 is 6.16 Å². The summed E-state index contributed by atoms with van der Waals surface area (Å²) in [6.07, 6.45) is -1.06. The summed E-state index contributed by atoms with van der Waals surface area (Å²) in [5.74, 6) is 1.67. The van der Waals surface area contributed by atoms with Crippen molar-refractivity contribution in [2.24, 2.45) is 0 Å². The van der Waals surface area contributed by atoms with Crippen molar-refractivity contribution in [2.75, 3.05) is 5.32 Å². The highest BCUT2D eigenvalue weighted by molar-refractivity contribution is 6.42. The van der Waals surface area contributed by atoms with E-state index in [0.29, 0.717) is 10.0 Å². The second-order valence-electron chi connectivity index (χ2n) is 5.76. The van der Waals surface area contributed by atoms with Crippen molar-refractivity contribution in [3.05, 3.63) is 81.8 Å². The maximum atomic E-state index is 8.56. The number of carbonyl (C=O) groups is 1. The Morgan fingerprint density at radius 1 is 0.852 bits per heavy atom. The van der Waals surface area contributed by atoms with Crippen LogP contribution >= 0.6 is 23.2 Å². The van der Waals surface area contributed by atoms with Crippen molar-refractivity contribution in [1.82, 2.24) is 0 Å². The molecule has 3 N–H and O–H groups in total. The molecule has 0 aliphatic carbocycles. The van der Waals surface area contributed by atoms with Crippen LogP contribution in [0, 0.1) is 0 Å². The van der Waals surface area contributed by atoms with Gasteiger partial charge in [-0.3, -0.25) is 0 Å². The molecule has 3 aromatic rings. The summed E-state index contributed by atoms with van der Waals surface area (Å²) in [5, 5.41) is 18.5. The van der Waals surface area contributed by atoms with Gasteiger partial charge in [0.15, 0.2) is 11.5 Å². The molecule has 0 atom stereocenters. The van der Waals surface area contributed by atoms with Gasteiger partial charge in [-0.1, -0.05) is 47.5 Å². The molecule has 5 nitrogen and oxygen atoms in total. The fourth-order valence-corrected chi connectivity index (χ4v) is 2.99. The molecule has 1 aliphatic heterocycles. The van der Waals surface area contributed by atoms with Gasteiger partial charge in [0.2, 0.25) is 0 Å². The van der Waals surface area contributed by atoms with Gasteiger partial charge in [-0.25, -0.2) is 4.79 Å². The van der Waals surface area contributed by atoms with E-state index in [4.69, 9.17) is 42.9 Å². The van der Waals surface area contributed by atoms with Crippen molar-refractivity contribution in [2.45, 2.75) is 6.42 Å². The molecule has 138 valence electrons. The van der Waals surface area contributed by atoms with E-state index in [-0.39, 0.29) is 0 Å². The van der Waals surface area contributed by atoms with E-state index >= 15 is 0 Å². The number of fused-ring (bicyclic) bond motifs is 2. The molecular weight excluding hydrogens is 389 g/mol. The van der Waals surface area contributed by atoms with Gasteiger partial charge >= 0.3 is 6.16 Å². The molecule has 0 amide bonds. The minimum absolute atomic E-state index is 0.574. The molecule has 1 heterocycles. The zero-order valence-electron chi connectivity index (χ0n) is 13.9. The molecule has 0 radical (unpaired) electrons. The predicted octanol–water partition coefficient (Wildman–Crippen LogP) is 6.66. The SMILES string of the molecule is Clc1ccc(Cc2ccc3c(c2)Oc2ccccc2N3)cc1Cl.O=C(O)O. The van der Waals surface area contributed by atoms with Gasteiger partial charge in [0.1, 0.15) is 0 Å². The lowest BCUT2D eigenvalue weighted by Crippen LogP contribution is -2.03. The average Bonchev–Trinajstić information content (AvgIpc) is 2.62. The number of nitrogens with one attached hydrogen (secondary N) is 1. The number of halogens is 2. The second kappa shape index (κ2) is 8.20. The van der Waals surface area contributed by atoms with Crippen LogP contribution in [0.15, 0.2) is 60.7 Å². The number of anilines is 2. The monoisotopic (exact) mass is 403 g/mol. The molecular formula is C20H15Cl2NO4. The van der Waals surface area contributed by atoms with Gasteiger partial charge in [0.05, 0.1) is 21.4 Å². The van der Waals surface area contributed by atoms with Crippen LogP contribution in [0.25, 0.3) is 0 Å². The highest BCUT2D eigenvalue weighted by Crippen LogP contribution is 2.42. The van der Waals surface area contributed by atoms with Gasteiger partial charge in [0.25, 0.3) is 0 Å². The number of rotatable bonds is 2. The quantitative estimate of drug-likeness (QED) is 0.348. The standard InChI is InChI=1S/C19H13Cl2NO.CH2O3/c20-14-7-5-12(10-15(14)21)9-13-6-8-17-19(11-13)23-18-4-2-1-3-16(18)22-17;2-1(3)4/h1-8,10-11,22H,9H2;(H2,2,3,4). The highest BCUT2D eigenvalue weighted by atomic mass is 35.5. The van der Waals surface area contributed by atoms with E-state index in [9.17, 15) is 0 Å². The molecule has 7 heteroatoms. The molecule has 0 unspecified atom stereocenters. The van der Waals surface area contributed by atoms with Crippen molar-refractivity contribution < 1.29 is 19.7 Å². The van der Waals surface area contributed by atoms with Gasteiger partial charge in [-0.05, 0) is 53.9 Å². The summed E-state index contributed by atoms with van der Waals surface area (Å²) in [6, 6.07) is 19.8. The third kappa shape index (κ3) is 4.84. The maximum absolute atomic E-state index is 8.56. The first-order valence-electron chi connectivity index (χ1n) is 7.95. The van der Waals surface area contributed by atoms with E-state index in [2.05, 4.69) is 17.4 Å². The summed E-state index contributed by atoms with van der Waals surface area (Å²) >= 11 is 12.1. The fourth-order valence-electron chi connectivity index (χ4n) is 2.67. The van der Waals surface area contributed by atoms with Crippen molar-refractivity contribution >= 4 is 40.7 Å². The van der Waals surface area contributed by atoms with Crippen LogP contribution in [0.1, 0.15) is 11.1 Å². The number of hydrogen-bond donors (Lipinski definition) is 3. The van der Waals surface area contributed by atoms with Gasteiger partial charge in [-0.15, -0.1) is 0 Å². The molecule has 0 fully saturated rings. The first-order valence-corrected chi connectivity index (χ1v) is 8.70. The lowest BCUT2D eigenvalue weighted by atomic mass is 10.0. The Balaban J connectivity index is 0.000000481. The Morgan fingerprint density at radius 3 is 2.22 bits per heavy atom. The molecule has 4 rings (SSSR count). The summed E-state index contributed by atoms with van der Waals surface area (Å²) < 4.78 is 5.99. The maximum Gasteiger partial charge on any atom is 0.503 e. The summed E-state index contributed by atoms with van der Waals surface area (Å²) in [7, 11) is 0. The Hall–Kier alpha value is -2.89. The summed E-state index contributed by atoms with van der Waals surface area (Å²) in [6.45, 7) is 0. The van der Waals surface area contributed by atoms with E-state index in [1.807, 2.05) is 48.5 Å². The van der Waals surface area contributed by atoms with E-state index in [0.717, 1.165) is 40.4 Å². The Morgan fingerprint density at radius 2 is 1.48 bits per heavy atom. The molecule has 1 aliphatic rings. The smallest absolute Gasteiger partial charge is 0.453 e. The van der Waals surface area contributed by atoms with Crippen LogP contribution in [0.4, 0.5) is 16.2 Å². The van der Waals surface area contributed by atoms with E-state index in [1.54, 1.807) is 0 Å². The Kier molecular flexibility index (Phi) is 5.74. The fraction of sp³-hybridized carbons (Fsp3) is 0.0500. The number of carboxylic acid groups (broad SMARTS) is 2. The molecule has 27 heavy (non-hydrogen) atoms. The first kappa shape index (κ1) is 18.9. The van der Waals surface area contributed by atoms with Crippen molar-refractivity contribution in [3.8, 4) is 11.5 Å². The number of benzene rings is 3. The van der Waals surface area contributed by atoms with Gasteiger partial charge in [-0.2, -0.15) is 0 Å². The zero-order chi connectivity index (χ0) is 19.4. The summed E-state index contributed by atoms with van der Waals surface area (Å²) in [4.78, 5) is 8.56. The molecule has 0 saturated carbocycles. The summed E-state index contributed by atoms with van der Waals surface area (Å²) in [5.41, 5.74) is 4.23. The van der Waals surface area contributed by atoms with Crippen LogP contribution in [-0.2, 0) is 6.42 Å². The predicted molar refractivity (Wildman–Crippen MR) is 106 cm³/mol. The minimum atomic E-state index is -1.83. The first-order chi connectivity index (χ1) is 12.9. The molecule has 0 spiro atoms. The second-order valence-corrected chi connectivity index (χ2v) is 6.58. The number of ether oxygens (including phenoxy) is 1. The van der Waals surface area contributed by atoms with Gasteiger partial charge in [0, 0.05) is 0 Å². The highest BCUT2D eigenvalue weighted by Gasteiger charge is 2.16. The lowest BCUT2D eigenvalue weighted by Gasteiger charge is -2.22. The molecule has 3 aromatic carbocycles. The van der Waals surface area contributed by atoms with Crippen LogP contribution in [0.5, 0.6) is 11.5 Å². The van der Waals surface area contributed by atoms with Crippen LogP contribution in [-0.4, -0.2) is 16.4 Å². The van der Waals surface area contributed by atoms with Crippen LogP contribution < -0.4 is 10.1 Å². The molecule has 0 aromatic heterocycles. The third-order valence-electron chi connectivity index (χ3n) is 3.81. The third-order valence-corrected chi connectivity index (χ3v) is 4.55. The van der Waals surface area contributed by atoms with Gasteiger partial charge < -0.3 is 20.3 Å².